The number of carboxylic acid groups (broad SMARTS) is 1. The van der Waals surface area contributed by atoms with Crippen molar-refractivity contribution in [2.75, 3.05) is 18.4 Å². The second-order valence-electron chi connectivity index (χ2n) is 4.39. The maximum Gasteiger partial charge on any atom is 0.337 e. The van der Waals surface area contributed by atoms with Crippen LogP contribution in [0.3, 0.4) is 0 Å². The first kappa shape index (κ1) is 14.5. The predicted molar refractivity (Wildman–Crippen MR) is 78.4 cm³/mol. The Hall–Kier alpha value is -0.920. The Morgan fingerprint density at radius 1 is 1.37 bits per heavy atom. The number of halogens is 2. The molecule has 0 aliphatic carbocycles. The highest BCUT2D eigenvalue weighted by atomic mass is 79.9. The van der Waals surface area contributed by atoms with Crippen LogP contribution in [-0.2, 0) is 4.79 Å². The third kappa shape index (κ3) is 3.55. The molecule has 1 saturated heterocycles. The lowest BCUT2D eigenvalue weighted by Gasteiger charge is -2.26. The normalized spacial score (nSPS) is 14.8. The second kappa shape index (κ2) is 6.02. The van der Waals surface area contributed by atoms with Crippen LogP contribution in [-0.4, -0.2) is 30.1 Å². The van der Waals surface area contributed by atoms with Gasteiger partial charge < -0.3 is 15.7 Å². The van der Waals surface area contributed by atoms with E-state index >= 15 is 0 Å². The van der Waals surface area contributed by atoms with Crippen molar-refractivity contribution in [2.24, 2.45) is 5.92 Å². The van der Waals surface area contributed by atoms with Crippen molar-refractivity contribution in [3.8, 4) is 0 Å². The molecule has 5 nitrogen and oxygen atoms in total. The van der Waals surface area contributed by atoms with Gasteiger partial charge in [-0.15, -0.1) is 0 Å². The first-order chi connectivity index (χ1) is 8.97. The molecular weight excluding hydrogens is 380 g/mol. The largest absolute Gasteiger partial charge is 0.478 e. The lowest BCUT2D eigenvalue weighted by molar-refractivity contribution is -0.117. The number of benzene rings is 1. The van der Waals surface area contributed by atoms with Gasteiger partial charge in [0.2, 0.25) is 5.91 Å². The number of anilines is 1. The Bertz CT molecular complexity index is 530. The fourth-order valence-electron chi connectivity index (χ4n) is 1.81. The number of carbonyl (C=O) groups is 2. The average Bonchev–Trinajstić information content (AvgIpc) is 2.26. The Morgan fingerprint density at radius 3 is 2.58 bits per heavy atom. The summed E-state index contributed by atoms with van der Waals surface area (Å²) in [7, 11) is 0. The van der Waals surface area contributed by atoms with Crippen LogP contribution < -0.4 is 10.6 Å². The van der Waals surface area contributed by atoms with E-state index < -0.39 is 5.97 Å². The lowest BCUT2D eigenvalue weighted by atomic mass is 9.99. The summed E-state index contributed by atoms with van der Waals surface area (Å²) < 4.78 is 1.18. The summed E-state index contributed by atoms with van der Waals surface area (Å²) in [6, 6.07) is 3.17. The molecule has 3 N–H and O–H groups in total. The first-order valence-electron chi connectivity index (χ1n) is 5.70. The summed E-state index contributed by atoms with van der Waals surface area (Å²) in [5.74, 6) is -0.915. The van der Waals surface area contributed by atoms with E-state index in [1.165, 1.54) is 6.07 Å². The molecule has 1 aromatic carbocycles. The molecule has 0 radical (unpaired) electrons. The molecular formula is C12H12Br2N2O3. The highest BCUT2D eigenvalue weighted by Crippen LogP contribution is 2.31. The molecule has 0 bridgehead atoms. The van der Waals surface area contributed by atoms with Gasteiger partial charge in [-0.2, -0.15) is 0 Å². The summed E-state index contributed by atoms with van der Waals surface area (Å²) in [6.45, 7) is 1.67. The van der Waals surface area contributed by atoms with E-state index in [-0.39, 0.29) is 11.5 Å². The van der Waals surface area contributed by atoms with E-state index in [0.717, 1.165) is 13.1 Å². The number of carbonyl (C=O) groups excluding carboxylic acids is 1. The van der Waals surface area contributed by atoms with Gasteiger partial charge in [-0.3, -0.25) is 4.79 Å². The number of nitrogens with one attached hydrogen (secondary N) is 2. The molecule has 19 heavy (non-hydrogen) atoms. The molecule has 0 saturated carbocycles. The summed E-state index contributed by atoms with van der Waals surface area (Å²) >= 11 is 6.50. The van der Waals surface area contributed by atoms with Crippen LogP contribution in [0.1, 0.15) is 16.8 Å². The minimum atomic E-state index is -1.08. The fourth-order valence-corrected chi connectivity index (χ4v) is 3.14. The smallest absolute Gasteiger partial charge is 0.337 e. The number of carboxylic acids is 1. The van der Waals surface area contributed by atoms with Crippen LogP contribution in [0.25, 0.3) is 0 Å². The Labute approximate surface area is 127 Å². The van der Waals surface area contributed by atoms with Crippen LogP contribution in [0, 0.1) is 5.92 Å². The number of hydrogen-bond donors (Lipinski definition) is 3. The van der Waals surface area contributed by atoms with Crippen LogP contribution in [0.5, 0.6) is 0 Å². The topological polar surface area (TPSA) is 78.4 Å². The molecule has 7 heteroatoms. The third-order valence-electron chi connectivity index (χ3n) is 2.89. The summed E-state index contributed by atoms with van der Waals surface area (Å²) in [5.41, 5.74) is 0.356. The van der Waals surface area contributed by atoms with Gasteiger partial charge in [-0.1, -0.05) is 15.9 Å². The van der Waals surface area contributed by atoms with Gasteiger partial charge >= 0.3 is 5.97 Å². The van der Waals surface area contributed by atoms with Crippen molar-refractivity contribution < 1.29 is 14.7 Å². The molecule has 1 heterocycles. The molecule has 1 fully saturated rings. The van der Waals surface area contributed by atoms with Crippen LogP contribution in [0.15, 0.2) is 21.1 Å². The van der Waals surface area contributed by atoms with Gasteiger partial charge in [0, 0.05) is 15.4 Å². The van der Waals surface area contributed by atoms with Crippen molar-refractivity contribution in [3.63, 3.8) is 0 Å². The summed E-state index contributed by atoms with van der Waals surface area (Å²) in [4.78, 5) is 23.1. The monoisotopic (exact) mass is 390 g/mol. The zero-order chi connectivity index (χ0) is 14.0. The molecule has 102 valence electrons. The highest BCUT2D eigenvalue weighted by molar-refractivity contribution is 9.11. The van der Waals surface area contributed by atoms with Gasteiger partial charge in [0.05, 0.1) is 11.3 Å². The van der Waals surface area contributed by atoms with E-state index in [2.05, 4.69) is 42.5 Å². The number of amides is 1. The zero-order valence-electron chi connectivity index (χ0n) is 9.87. The summed E-state index contributed by atoms with van der Waals surface area (Å²) in [5, 5.41) is 14.9. The SMILES string of the molecule is O=C(CC1CNC1)Nc1c(Br)cc(Br)cc1C(=O)O. The minimum absolute atomic E-state index is 0.0568. The molecule has 0 unspecified atom stereocenters. The van der Waals surface area contributed by atoms with Crippen molar-refractivity contribution >= 4 is 49.4 Å². The van der Waals surface area contributed by atoms with Gasteiger partial charge in [0.1, 0.15) is 0 Å². The van der Waals surface area contributed by atoms with E-state index in [0.29, 0.717) is 27.0 Å². The Balaban J connectivity index is 2.18. The van der Waals surface area contributed by atoms with Gasteiger partial charge in [0.25, 0.3) is 0 Å². The van der Waals surface area contributed by atoms with Crippen LogP contribution >= 0.6 is 31.9 Å². The van der Waals surface area contributed by atoms with E-state index in [1.807, 2.05) is 0 Å². The van der Waals surface area contributed by atoms with Crippen molar-refractivity contribution in [2.45, 2.75) is 6.42 Å². The summed E-state index contributed by atoms with van der Waals surface area (Å²) in [6.07, 6.45) is 0.397. The van der Waals surface area contributed by atoms with E-state index in [9.17, 15) is 9.59 Å². The van der Waals surface area contributed by atoms with Crippen molar-refractivity contribution in [1.82, 2.24) is 5.32 Å². The molecule has 0 aromatic heterocycles. The van der Waals surface area contributed by atoms with Gasteiger partial charge in [-0.05, 0) is 47.1 Å². The quantitative estimate of drug-likeness (QED) is 0.736. The number of hydrogen-bond acceptors (Lipinski definition) is 3. The van der Waals surface area contributed by atoms with E-state index in [4.69, 9.17) is 5.11 Å². The molecule has 2 rings (SSSR count). The minimum Gasteiger partial charge on any atom is -0.478 e. The predicted octanol–water partition coefficient (Wildman–Crippen LogP) is 2.46. The van der Waals surface area contributed by atoms with Crippen LogP contribution in [0.4, 0.5) is 5.69 Å². The first-order valence-corrected chi connectivity index (χ1v) is 7.29. The molecule has 1 aliphatic heterocycles. The van der Waals surface area contributed by atoms with Crippen molar-refractivity contribution in [3.05, 3.63) is 26.6 Å². The zero-order valence-corrected chi connectivity index (χ0v) is 13.0. The number of rotatable bonds is 4. The Kier molecular flexibility index (Phi) is 4.59. The maximum absolute atomic E-state index is 11.9. The second-order valence-corrected chi connectivity index (χ2v) is 6.16. The average molecular weight is 392 g/mol. The molecule has 1 aromatic rings. The number of aromatic carboxylic acids is 1. The highest BCUT2D eigenvalue weighted by Gasteiger charge is 2.22. The maximum atomic E-state index is 11.9. The Morgan fingerprint density at radius 2 is 2.05 bits per heavy atom. The lowest BCUT2D eigenvalue weighted by Crippen LogP contribution is -2.43. The van der Waals surface area contributed by atoms with E-state index in [1.54, 1.807) is 6.07 Å². The van der Waals surface area contributed by atoms with Gasteiger partial charge in [-0.25, -0.2) is 4.79 Å². The van der Waals surface area contributed by atoms with Crippen LogP contribution in [0.2, 0.25) is 0 Å². The van der Waals surface area contributed by atoms with Gasteiger partial charge in [0.15, 0.2) is 0 Å². The molecule has 0 atom stereocenters. The van der Waals surface area contributed by atoms with Crippen molar-refractivity contribution in [1.29, 1.82) is 0 Å². The molecule has 1 amide bonds. The standard InChI is InChI=1S/C12H12Br2N2O3/c13-7-2-8(12(18)19)11(9(14)3-7)16-10(17)1-6-4-15-5-6/h2-3,6,15H,1,4-5H2,(H,16,17)(H,18,19). The third-order valence-corrected chi connectivity index (χ3v) is 3.97. The fraction of sp³-hybridized carbons (Fsp3) is 0.333. The molecule has 1 aliphatic rings. The molecule has 0 spiro atoms.